The van der Waals surface area contributed by atoms with Crippen molar-refractivity contribution in [3.63, 3.8) is 0 Å². The number of benzene rings is 1. The van der Waals surface area contributed by atoms with E-state index in [1.807, 2.05) is 12.1 Å². The zero-order chi connectivity index (χ0) is 11.5. The van der Waals surface area contributed by atoms with Crippen LogP contribution in [-0.2, 0) is 6.42 Å². The minimum Gasteiger partial charge on any atom is -0.490 e. The van der Waals surface area contributed by atoms with Crippen LogP contribution in [0.2, 0.25) is 0 Å². The van der Waals surface area contributed by atoms with Crippen LogP contribution < -0.4 is 4.74 Å². The lowest BCUT2D eigenvalue weighted by atomic mass is 9.99. The molecule has 2 nitrogen and oxygen atoms in total. The number of ether oxygens (including phenoxy) is 1. The van der Waals surface area contributed by atoms with Crippen molar-refractivity contribution in [1.29, 1.82) is 0 Å². The van der Waals surface area contributed by atoms with Crippen LogP contribution in [0.4, 0.5) is 0 Å². The summed E-state index contributed by atoms with van der Waals surface area (Å²) < 4.78 is 5.55. The van der Waals surface area contributed by atoms with E-state index in [0.29, 0.717) is 6.61 Å². The van der Waals surface area contributed by atoms with Gasteiger partial charge < -0.3 is 9.84 Å². The second-order valence-corrected chi connectivity index (χ2v) is 4.95. The summed E-state index contributed by atoms with van der Waals surface area (Å²) in [5, 5.41) is 9.69. The SMILES string of the molecule is CC(C)CCCc1cccc2c1OCC2O. The molecule has 1 atom stereocenters. The van der Waals surface area contributed by atoms with E-state index in [9.17, 15) is 5.11 Å². The fourth-order valence-electron chi connectivity index (χ4n) is 2.19. The Balaban J connectivity index is 2.05. The van der Waals surface area contributed by atoms with E-state index in [1.165, 1.54) is 18.4 Å². The van der Waals surface area contributed by atoms with Gasteiger partial charge >= 0.3 is 0 Å². The van der Waals surface area contributed by atoms with Crippen LogP contribution in [0.1, 0.15) is 43.9 Å². The van der Waals surface area contributed by atoms with Gasteiger partial charge in [-0.1, -0.05) is 38.5 Å². The molecule has 1 heterocycles. The average molecular weight is 220 g/mol. The molecule has 1 aromatic carbocycles. The Hall–Kier alpha value is -1.02. The van der Waals surface area contributed by atoms with Crippen molar-refractivity contribution in [2.45, 2.75) is 39.2 Å². The summed E-state index contributed by atoms with van der Waals surface area (Å²) in [4.78, 5) is 0. The van der Waals surface area contributed by atoms with E-state index in [4.69, 9.17) is 4.74 Å². The molecule has 0 radical (unpaired) electrons. The van der Waals surface area contributed by atoms with Gasteiger partial charge in [-0.15, -0.1) is 0 Å². The minimum atomic E-state index is -0.431. The van der Waals surface area contributed by atoms with Crippen LogP contribution in [0.3, 0.4) is 0 Å². The molecule has 1 aliphatic rings. The molecule has 16 heavy (non-hydrogen) atoms. The molecule has 0 aromatic heterocycles. The van der Waals surface area contributed by atoms with Crippen molar-refractivity contribution in [3.8, 4) is 5.75 Å². The van der Waals surface area contributed by atoms with Crippen LogP contribution >= 0.6 is 0 Å². The molecule has 0 spiro atoms. The molecule has 1 aromatic rings. The van der Waals surface area contributed by atoms with Gasteiger partial charge in [0, 0.05) is 5.56 Å². The van der Waals surface area contributed by atoms with E-state index in [-0.39, 0.29) is 0 Å². The fraction of sp³-hybridized carbons (Fsp3) is 0.571. The smallest absolute Gasteiger partial charge is 0.128 e. The fourth-order valence-corrected chi connectivity index (χ4v) is 2.19. The monoisotopic (exact) mass is 220 g/mol. The second-order valence-electron chi connectivity index (χ2n) is 4.95. The van der Waals surface area contributed by atoms with Gasteiger partial charge in [-0.3, -0.25) is 0 Å². The highest BCUT2D eigenvalue weighted by molar-refractivity contribution is 5.45. The Labute approximate surface area is 97.3 Å². The Morgan fingerprint density at radius 2 is 2.25 bits per heavy atom. The van der Waals surface area contributed by atoms with Crippen molar-refractivity contribution < 1.29 is 9.84 Å². The Morgan fingerprint density at radius 3 is 3.00 bits per heavy atom. The summed E-state index contributed by atoms with van der Waals surface area (Å²) in [6.07, 6.45) is 3.05. The topological polar surface area (TPSA) is 29.5 Å². The van der Waals surface area contributed by atoms with Gasteiger partial charge in [-0.2, -0.15) is 0 Å². The van der Waals surface area contributed by atoms with Gasteiger partial charge in [-0.05, 0) is 24.3 Å². The maximum Gasteiger partial charge on any atom is 0.128 e. The van der Waals surface area contributed by atoms with Crippen molar-refractivity contribution in [2.24, 2.45) is 5.92 Å². The van der Waals surface area contributed by atoms with Crippen LogP contribution in [0.15, 0.2) is 18.2 Å². The number of hydrogen-bond acceptors (Lipinski definition) is 2. The van der Waals surface area contributed by atoms with Gasteiger partial charge in [0.1, 0.15) is 18.5 Å². The predicted octanol–water partition coefficient (Wildman–Crippen LogP) is 3.09. The highest BCUT2D eigenvalue weighted by Crippen LogP contribution is 2.35. The molecular weight excluding hydrogens is 200 g/mol. The van der Waals surface area contributed by atoms with Crippen LogP contribution in [0.25, 0.3) is 0 Å². The molecule has 1 unspecified atom stereocenters. The predicted molar refractivity (Wildman–Crippen MR) is 64.7 cm³/mol. The average Bonchev–Trinajstić information content (AvgIpc) is 2.61. The maximum atomic E-state index is 9.69. The molecule has 1 aliphatic heterocycles. The molecule has 0 bridgehead atoms. The molecule has 1 N–H and O–H groups in total. The normalized spacial score (nSPS) is 18.6. The third kappa shape index (κ3) is 2.38. The third-order valence-corrected chi connectivity index (χ3v) is 3.10. The number of aliphatic hydroxyl groups excluding tert-OH is 1. The summed E-state index contributed by atoms with van der Waals surface area (Å²) in [5.74, 6) is 1.68. The van der Waals surface area contributed by atoms with Crippen molar-refractivity contribution in [3.05, 3.63) is 29.3 Å². The van der Waals surface area contributed by atoms with Crippen molar-refractivity contribution >= 4 is 0 Å². The first-order valence-electron chi connectivity index (χ1n) is 6.11. The lowest BCUT2D eigenvalue weighted by molar-refractivity contribution is 0.140. The van der Waals surface area contributed by atoms with Gasteiger partial charge in [-0.25, -0.2) is 0 Å². The summed E-state index contributed by atoms with van der Waals surface area (Å²) >= 11 is 0. The van der Waals surface area contributed by atoms with Crippen LogP contribution in [0, 0.1) is 5.92 Å². The highest BCUT2D eigenvalue weighted by Gasteiger charge is 2.23. The van der Waals surface area contributed by atoms with E-state index in [1.54, 1.807) is 0 Å². The molecule has 2 rings (SSSR count). The van der Waals surface area contributed by atoms with Crippen LogP contribution in [-0.4, -0.2) is 11.7 Å². The zero-order valence-electron chi connectivity index (χ0n) is 10.1. The summed E-state index contributed by atoms with van der Waals surface area (Å²) in [7, 11) is 0. The molecule has 0 saturated heterocycles. The molecule has 0 saturated carbocycles. The standard InChI is InChI=1S/C14H20O2/c1-10(2)5-3-6-11-7-4-8-12-13(15)9-16-14(11)12/h4,7-8,10,13,15H,3,5-6,9H2,1-2H3. The number of hydrogen-bond donors (Lipinski definition) is 1. The first-order chi connectivity index (χ1) is 7.68. The lowest BCUT2D eigenvalue weighted by Crippen LogP contribution is -1.97. The van der Waals surface area contributed by atoms with Gasteiger partial charge in [0.25, 0.3) is 0 Å². The maximum absolute atomic E-state index is 9.69. The number of para-hydroxylation sites is 1. The van der Waals surface area contributed by atoms with Gasteiger partial charge in [0.05, 0.1) is 0 Å². The first kappa shape index (κ1) is 11.5. The second kappa shape index (κ2) is 4.88. The third-order valence-electron chi connectivity index (χ3n) is 3.10. The molecule has 2 heteroatoms. The molecule has 0 fully saturated rings. The Morgan fingerprint density at radius 1 is 1.44 bits per heavy atom. The lowest BCUT2D eigenvalue weighted by Gasteiger charge is -2.08. The Bertz CT molecular complexity index is 358. The van der Waals surface area contributed by atoms with E-state index >= 15 is 0 Å². The molecular formula is C14H20O2. The summed E-state index contributed by atoms with van der Waals surface area (Å²) in [5.41, 5.74) is 2.21. The molecule has 88 valence electrons. The van der Waals surface area contributed by atoms with E-state index < -0.39 is 6.10 Å². The summed E-state index contributed by atoms with van der Waals surface area (Å²) in [6.45, 7) is 4.90. The van der Waals surface area contributed by atoms with E-state index in [2.05, 4.69) is 19.9 Å². The minimum absolute atomic E-state index is 0.413. The van der Waals surface area contributed by atoms with Crippen molar-refractivity contribution in [2.75, 3.05) is 6.61 Å². The van der Waals surface area contributed by atoms with Crippen LogP contribution in [0.5, 0.6) is 5.75 Å². The van der Waals surface area contributed by atoms with E-state index in [0.717, 1.165) is 23.7 Å². The summed E-state index contributed by atoms with van der Waals surface area (Å²) in [6, 6.07) is 6.08. The number of fused-ring (bicyclic) bond motifs is 1. The molecule has 0 aliphatic carbocycles. The number of rotatable bonds is 4. The zero-order valence-corrected chi connectivity index (χ0v) is 10.1. The Kier molecular flexibility index (Phi) is 3.49. The van der Waals surface area contributed by atoms with Gasteiger partial charge in [0.15, 0.2) is 0 Å². The quantitative estimate of drug-likeness (QED) is 0.845. The largest absolute Gasteiger partial charge is 0.490 e. The first-order valence-corrected chi connectivity index (χ1v) is 6.11. The molecule has 0 amide bonds. The number of aliphatic hydroxyl groups is 1. The highest BCUT2D eigenvalue weighted by atomic mass is 16.5. The number of aryl methyl sites for hydroxylation is 1. The van der Waals surface area contributed by atoms with Crippen molar-refractivity contribution in [1.82, 2.24) is 0 Å². The van der Waals surface area contributed by atoms with Gasteiger partial charge in [0.2, 0.25) is 0 Å².